The molecule has 1 heterocycles. The highest BCUT2D eigenvalue weighted by atomic mass is 32.2. The first-order valence-electron chi connectivity index (χ1n) is 9.70. The van der Waals surface area contributed by atoms with Gasteiger partial charge in [-0.25, -0.2) is 0 Å². The fourth-order valence-electron chi connectivity index (χ4n) is 4.31. The number of allylic oxidation sites excluding steroid dienone is 2. The van der Waals surface area contributed by atoms with Crippen LogP contribution in [0.2, 0.25) is 0 Å². The van der Waals surface area contributed by atoms with E-state index < -0.39 is 0 Å². The van der Waals surface area contributed by atoms with Gasteiger partial charge >= 0.3 is 0 Å². The van der Waals surface area contributed by atoms with Gasteiger partial charge in [0.05, 0.1) is 23.9 Å². The first-order valence-corrected chi connectivity index (χ1v) is 10.9. The Morgan fingerprint density at radius 3 is 2.82 bits per heavy atom. The van der Waals surface area contributed by atoms with Crippen LogP contribution < -0.4 is 10.6 Å². The van der Waals surface area contributed by atoms with Crippen molar-refractivity contribution < 1.29 is 9.53 Å². The quantitative estimate of drug-likeness (QED) is 0.427. The number of anilines is 1. The molecular weight excluding hydrogens is 368 g/mol. The van der Waals surface area contributed by atoms with E-state index in [0.29, 0.717) is 30.6 Å². The Labute approximate surface area is 170 Å². The molecule has 146 valence electrons. The number of hydrogen-bond donors (Lipinski definition) is 2. The molecule has 3 atom stereocenters. The van der Waals surface area contributed by atoms with Crippen molar-refractivity contribution in [1.82, 2.24) is 5.32 Å². The second-order valence-electron chi connectivity index (χ2n) is 7.27. The van der Waals surface area contributed by atoms with Crippen LogP contribution >= 0.6 is 11.8 Å². The van der Waals surface area contributed by atoms with E-state index in [0.717, 1.165) is 12.1 Å². The summed E-state index contributed by atoms with van der Waals surface area (Å²) < 4.78 is 5.05. The lowest BCUT2D eigenvalue weighted by Crippen LogP contribution is -2.33. The lowest BCUT2D eigenvalue weighted by Gasteiger charge is -2.38. The third-order valence-electron chi connectivity index (χ3n) is 5.71. The number of ether oxygens (including phenoxy) is 1. The molecule has 0 radical (unpaired) electrons. The summed E-state index contributed by atoms with van der Waals surface area (Å²) in [5, 5.41) is 6.68. The van der Waals surface area contributed by atoms with Gasteiger partial charge in [-0.15, -0.1) is 11.8 Å². The predicted octanol–water partition coefficient (Wildman–Crippen LogP) is 4.61. The van der Waals surface area contributed by atoms with Gasteiger partial charge < -0.3 is 15.4 Å². The number of methoxy groups -OCH3 is 1. The summed E-state index contributed by atoms with van der Waals surface area (Å²) in [6.45, 7) is 1.01. The number of carbonyl (C=O) groups excluding carboxylic acids is 1. The lowest BCUT2D eigenvalue weighted by atomic mass is 9.76. The van der Waals surface area contributed by atoms with E-state index in [2.05, 4.69) is 59.4 Å². The van der Waals surface area contributed by atoms with Crippen LogP contribution in [0.5, 0.6) is 0 Å². The summed E-state index contributed by atoms with van der Waals surface area (Å²) in [7, 11) is 1.64. The van der Waals surface area contributed by atoms with Crippen molar-refractivity contribution in [2.45, 2.75) is 23.3 Å². The molecule has 4 nitrogen and oxygen atoms in total. The highest BCUT2D eigenvalue weighted by Gasteiger charge is 2.39. The SMILES string of the molecule is COCCNC(=O)c1cccc2c1NC(c1ccc(SC)cc1)C1CC=CC21. The van der Waals surface area contributed by atoms with Crippen LogP contribution in [0.25, 0.3) is 0 Å². The minimum absolute atomic E-state index is 0.0571. The van der Waals surface area contributed by atoms with Crippen molar-refractivity contribution in [3.05, 3.63) is 71.3 Å². The van der Waals surface area contributed by atoms with Crippen LogP contribution in [-0.2, 0) is 4.74 Å². The fraction of sp³-hybridized carbons (Fsp3) is 0.348. The van der Waals surface area contributed by atoms with Crippen molar-refractivity contribution in [2.75, 3.05) is 31.8 Å². The molecule has 28 heavy (non-hydrogen) atoms. The zero-order chi connectivity index (χ0) is 19.5. The molecule has 0 saturated carbocycles. The summed E-state index contributed by atoms with van der Waals surface area (Å²) in [6, 6.07) is 15.0. The second kappa shape index (κ2) is 8.41. The number of para-hydroxylation sites is 1. The van der Waals surface area contributed by atoms with E-state index in [1.54, 1.807) is 18.9 Å². The predicted molar refractivity (Wildman–Crippen MR) is 115 cm³/mol. The van der Waals surface area contributed by atoms with Crippen molar-refractivity contribution in [3.8, 4) is 0 Å². The molecule has 1 aliphatic carbocycles. The Kier molecular flexibility index (Phi) is 5.74. The maximum Gasteiger partial charge on any atom is 0.253 e. The minimum atomic E-state index is -0.0571. The Bertz CT molecular complexity index is 879. The van der Waals surface area contributed by atoms with Gasteiger partial charge in [0.15, 0.2) is 0 Å². The Morgan fingerprint density at radius 1 is 1.25 bits per heavy atom. The van der Waals surface area contributed by atoms with E-state index in [1.807, 2.05) is 12.1 Å². The smallest absolute Gasteiger partial charge is 0.253 e. The number of rotatable bonds is 6. The monoisotopic (exact) mass is 394 g/mol. The van der Waals surface area contributed by atoms with Gasteiger partial charge in [-0.3, -0.25) is 4.79 Å². The third-order valence-corrected chi connectivity index (χ3v) is 6.45. The largest absolute Gasteiger partial charge is 0.383 e. The van der Waals surface area contributed by atoms with E-state index >= 15 is 0 Å². The summed E-state index contributed by atoms with van der Waals surface area (Å²) in [5.74, 6) is 0.756. The third kappa shape index (κ3) is 3.56. The van der Waals surface area contributed by atoms with E-state index in [1.165, 1.54) is 16.0 Å². The average Bonchev–Trinajstić information content (AvgIpc) is 3.23. The second-order valence-corrected chi connectivity index (χ2v) is 8.15. The maximum absolute atomic E-state index is 12.8. The van der Waals surface area contributed by atoms with Crippen LogP contribution in [0.4, 0.5) is 5.69 Å². The number of thioether (sulfide) groups is 1. The van der Waals surface area contributed by atoms with E-state index in [9.17, 15) is 4.79 Å². The van der Waals surface area contributed by atoms with Gasteiger partial charge in [-0.05, 0) is 47.9 Å². The Balaban J connectivity index is 1.68. The number of nitrogens with one attached hydrogen (secondary N) is 2. The van der Waals surface area contributed by atoms with Crippen molar-refractivity contribution in [2.24, 2.45) is 5.92 Å². The van der Waals surface area contributed by atoms with Crippen LogP contribution in [0.1, 0.15) is 39.9 Å². The number of fused-ring (bicyclic) bond motifs is 3. The molecule has 5 heteroatoms. The topological polar surface area (TPSA) is 50.4 Å². The summed E-state index contributed by atoms with van der Waals surface area (Å²) in [4.78, 5) is 14.0. The van der Waals surface area contributed by atoms with Crippen molar-refractivity contribution in [3.63, 3.8) is 0 Å². The average molecular weight is 395 g/mol. The van der Waals surface area contributed by atoms with Gasteiger partial charge in [0.25, 0.3) is 5.91 Å². The number of benzene rings is 2. The fourth-order valence-corrected chi connectivity index (χ4v) is 4.72. The molecule has 2 N–H and O–H groups in total. The highest BCUT2D eigenvalue weighted by molar-refractivity contribution is 7.98. The highest BCUT2D eigenvalue weighted by Crippen LogP contribution is 2.50. The molecule has 2 aromatic rings. The van der Waals surface area contributed by atoms with E-state index in [-0.39, 0.29) is 11.9 Å². The van der Waals surface area contributed by atoms with Crippen molar-refractivity contribution >= 4 is 23.4 Å². The molecule has 1 aliphatic heterocycles. The van der Waals surface area contributed by atoms with Gasteiger partial charge in [0, 0.05) is 24.5 Å². The Hall–Kier alpha value is -2.24. The van der Waals surface area contributed by atoms with Gasteiger partial charge in [-0.1, -0.05) is 36.4 Å². The number of hydrogen-bond acceptors (Lipinski definition) is 4. The molecule has 2 aliphatic rings. The molecule has 4 rings (SSSR count). The van der Waals surface area contributed by atoms with Gasteiger partial charge in [0.1, 0.15) is 0 Å². The summed E-state index contributed by atoms with van der Waals surface area (Å²) >= 11 is 1.75. The van der Waals surface area contributed by atoms with Crippen LogP contribution in [0.3, 0.4) is 0 Å². The standard InChI is InChI=1S/C23H26N2O2S/c1-27-14-13-24-23(26)20-8-4-7-19-17-5-3-6-18(17)21(25-22(19)20)15-9-11-16(28-2)12-10-15/h3-5,7-12,17-18,21,25H,6,13-14H2,1-2H3,(H,24,26). The van der Waals surface area contributed by atoms with Crippen molar-refractivity contribution in [1.29, 1.82) is 0 Å². The molecule has 0 aromatic heterocycles. The first kappa shape index (κ1) is 19.1. The molecule has 3 unspecified atom stereocenters. The maximum atomic E-state index is 12.8. The molecule has 0 bridgehead atoms. The number of amides is 1. The van der Waals surface area contributed by atoms with Gasteiger partial charge in [0.2, 0.25) is 0 Å². The zero-order valence-corrected chi connectivity index (χ0v) is 17.1. The molecule has 0 spiro atoms. The van der Waals surface area contributed by atoms with Crippen LogP contribution in [0.15, 0.2) is 59.5 Å². The summed E-state index contributed by atoms with van der Waals surface area (Å²) in [6.07, 6.45) is 7.73. The molecule has 0 saturated heterocycles. The molecule has 2 aromatic carbocycles. The minimum Gasteiger partial charge on any atom is -0.383 e. The molecular formula is C23H26N2O2S. The zero-order valence-electron chi connectivity index (χ0n) is 16.3. The van der Waals surface area contributed by atoms with Crippen LogP contribution in [-0.4, -0.2) is 32.4 Å². The van der Waals surface area contributed by atoms with Gasteiger partial charge in [-0.2, -0.15) is 0 Å². The van der Waals surface area contributed by atoms with E-state index in [4.69, 9.17) is 4.74 Å². The number of carbonyl (C=O) groups is 1. The normalized spacial score (nSPS) is 22.3. The molecule has 0 fully saturated rings. The molecule has 1 amide bonds. The summed E-state index contributed by atoms with van der Waals surface area (Å²) in [5.41, 5.74) is 4.16. The first-order chi connectivity index (χ1) is 13.7. The Morgan fingerprint density at radius 2 is 2.07 bits per heavy atom. The van der Waals surface area contributed by atoms with Crippen LogP contribution in [0, 0.1) is 5.92 Å². The lowest BCUT2D eigenvalue weighted by molar-refractivity contribution is 0.0937.